The Morgan fingerprint density at radius 1 is 0.854 bits per heavy atom. The van der Waals surface area contributed by atoms with Crippen molar-refractivity contribution in [2.24, 2.45) is 0 Å². The fourth-order valence-electron chi connectivity index (χ4n) is 3.80. The molecule has 0 saturated carbocycles. The molecule has 0 fully saturated rings. The van der Waals surface area contributed by atoms with Crippen LogP contribution in [0.5, 0.6) is 0 Å². The Morgan fingerprint density at radius 3 is 2.44 bits per heavy atom. The fourth-order valence-corrected chi connectivity index (χ4v) is 5.63. The number of fused-ring (bicyclic) bond motifs is 1. The van der Waals surface area contributed by atoms with Crippen molar-refractivity contribution >= 4 is 79.5 Å². The summed E-state index contributed by atoms with van der Waals surface area (Å²) in [7, 11) is 0. The number of benzene rings is 4. The maximum Gasteiger partial charge on any atom is 0.272 e. The van der Waals surface area contributed by atoms with Crippen LogP contribution in [-0.4, -0.2) is 28.5 Å². The Labute approximate surface area is 249 Å². The summed E-state index contributed by atoms with van der Waals surface area (Å²) < 4.78 is 1.00. The summed E-state index contributed by atoms with van der Waals surface area (Å²) in [5, 5.41) is 9.45. The summed E-state index contributed by atoms with van der Waals surface area (Å²) in [6, 6.07) is 30.4. The molecule has 0 bridgehead atoms. The van der Waals surface area contributed by atoms with Crippen molar-refractivity contribution in [1.29, 1.82) is 0 Å². The van der Waals surface area contributed by atoms with Gasteiger partial charge in [0.05, 0.1) is 16.0 Å². The van der Waals surface area contributed by atoms with Gasteiger partial charge >= 0.3 is 0 Å². The quantitative estimate of drug-likeness (QED) is 0.124. The molecular weight excluding hydrogens is 576 g/mol. The van der Waals surface area contributed by atoms with Gasteiger partial charge in [-0.15, -0.1) is 11.8 Å². The first-order valence-electron chi connectivity index (χ1n) is 12.5. The lowest BCUT2D eigenvalue weighted by molar-refractivity contribution is -0.114. The number of rotatable bonds is 9. The van der Waals surface area contributed by atoms with E-state index in [1.54, 1.807) is 72.8 Å². The standard InChI is InChI=1S/C31H23ClN4O3S2/c32-22-11-6-8-20(16-22)17-26(34-29(38)21-9-2-1-3-10-21)30(39)33-23-12-7-13-24(18-23)40-19-28(37)36-31-35-25-14-4-5-15-27(25)41-31/h1-18H,19H2,(H,33,39)(H,34,38)(H,35,36,37)/b26-17-. The van der Waals surface area contributed by atoms with Crippen molar-refractivity contribution in [3.8, 4) is 0 Å². The van der Waals surface area contributed by atoms with E-state index in [9.17, 15) is 14.4 Å². The van der Waals surface area contributed by atoms with Crippen LogP contribution in [0.15, 0.2) is 114 Å². The van der Waals surface area contributed by atoms with Crippen molar-refractivity contribution in [1.82, 2.24) is 10.3 Å². The van der Waals surface area contributed by atoms with Crippen molar-refractivity contribution in [2.75, 3.05) is 16.4 Å². The second kappa shape index (κ2) is 13.3. The molecule has 0 unspecified atom stereocenters. The van der Waals surface area contributed by atoms with E-state index in [2.05, 4.69) is 20.9 Å². The monoisotopic (exact) mass is 598 g/mol. The van der Waals surface area contributed by atoms with Crippen LogP contribution in [0.3, 0.4) is 0 Å². The minimum absolute atomic E-state index is 0.0504. The Kier molecular flexibility index (Phi) is 9.10. The Bertz CT molecular complexity index is 1720. The number of carbonyl (C=O) groups is 3. The van der Waals surface area contributed by atoms with Gasteiger partial charge in [-0.05, 0) is 66.2 Å². The average Bonchev–Trinajstić information content (AvgIpc) is 3.38. The van der Waals surface area contributed by atoms with Gasteiger partial charge in [0, 0.05) is 21.2 Å². The molecule has 1 heterocycles. The van der Waals surface area contributed by atoms with Crippen molar-refractivity contribution < 1.29 is 14.4 Å². The summed E-state index contributed by atoms with van der Waals surface area (Å²) in [5.74, 6) is -0.943. The summed E-state index contributed by atoms with van der Waals surface area (Å²) in [4.78, 5) is 43.9. The molecule has 41 heavy (non-hydrogen) atoms. The van der Waals surface area contributed by atoms with Gasteiger partial charge in [0.1, 0.15) is 5.70 Å². The van der Waals surface area contributed by atoms with Crippen LogP contribution in [-0.2, 0) is 9.59 Å². The molecule has 3 amide bonds. The van der Waals surface area contributed by atoms with Crippen LogP contribution in [0.1, 0.15) is 15.9 Å². The number of carbonyl (C=O) groups excluding carboxylic acids is 3. The molecule has 1 aromatic heterocycles. The molecule has 4 aromatic carbocycles. The van der Waals surface area contributed by atoms with Crippen LogP contribution in [0.4, 0.5) is 10.8 Å². The molecule has 3 N–H and O–H groups in total. The Hall–Kier alpha value is -4.44. The Balaban J connectivity index is 1.25. The molecule has 10 heteroatoms. The second-order valence-electron chi connectivity index (χ2n) is 8.74. The molecule has 0 radical (unpaired) electrons. The van der Waals surface area contributed by atoms with Crippen LogP contribution in [0, 0.1) is 0 Å². The first-order chi connectivity index (χ1) is 19.9. The van der Waals surface area contributed by atoms with Gasteiger partial charge in [0.15, 0.2) is 5.13 Å². The first-order valence-corrected chi connectivity index (χ1v) is 14.6. The summed E-state index contributed by atoms with van der Waals surface area (Å²) in [6.07, 6.45) is 1.56. The molecule has 204 valence electrons. The van der Waals surface area contributed by atoms with Crippen LogP contribution in [0.2, 0.25) is 5.02 Å². The molecular formula is C31H23ClN4O3S2. The highest BCUT2D eigenvalue weighted by Gasteiger charge is 2.16. The molecule has 5 aromatic rings. The average molecular weight is 599 g/mol. The zero-order valence-electron chi connectivity index (χ0n) is 21.5. The molecule has 0 saturated heterocycles. The normalized spacial score (nSPS) is 11.2. The molecule has 5 rings (SSSR count). The highest BCUT2D eigenvalue weighted by Crippen LogP contribution is 2.27. The highest BCUT2D eigenvalue weighted by molar-refractivity contribution is 8.00. The summed E-state index contributed by atoms with van der Waals surface area (Å²) >= 11 is 8.87. The molecule has 0 spiro atoms. The number of para-hydroxylation sites is 1. The molecule has 0 aliphatic heterocycles. The minimum Gasteiger partial charge on any atom is -0.321 e. The second-order valence-corrected chi connectivity index (χ2v) is 11.3. The van der Waals surface area contributed by atoms with Crippen LogP contribution >= 0.6 is 34.7 Å². The van der Waals surface area contributed by atoms with Gasteiger partial charge in [-0.3, -0.25) is 14.4 Å². The van der Waals surface area contributed by atoms with E-state index >= 15 is 0 Å². The fraction of sp³-hybridized carbons (Fsp3) is 0.0323. The van der Waals surface area contributed by atoms with Crippen LogP contribution in [0.25, 0.3) is 16.3 Å². The van der Waals surface area contributed by atoms with Gasteiger partial charge in [-0.25, -0.2) is 4.98 Å². The zero-order chi connectivity index (χ0) is 28.6. The van der Waals surface area contributed by atoms with Gasteiger partial charge in [0.25, 0.3) is 11.8 Å². The largest absolute Gasteiger partial charge is 0.321 e. The topological polar surface area (TPSA) is 100 Å². The van der Waals surface area contributed by atoms with E-state index in [0.717, 1.165) is 15.1 Å². The Morgan fingerprint density at radius 2 is 1.63 bits per heavy atom. The van der Waals surface area contributed by atoms with E-state index < -0.39 is 11.8 Å². The van der Waals surface area contributed by atoms with Crippen molar-refractivity contribution in [2.45, 2.75) is 4.90 Å². The highest BCUT2D eigenvalue weighted by atomic mass is 35.5. The number of nitrogens with zero attached hydrogens (tertiary/aromatic N) is 1. The maximum atomic E-state index is 13.3. The summed E-state index contributed by atoms with van der Waals surface area (Å²) in [6.45, 7) is 0. The van der Waals surface area contributed by atoms with Gasteiger partial charge < -0.3 is 16.0 Å². The molecule has 0 aliphatic carbocycles. The number of hydrogen-bond donors (Lipinski definition) is 3. The third-order valence-electron chi connectivity index (χ3n) is 5.69. The van der Waals surface area contributed by atoms with E-state index in [-0.39, 0.29) is 17.4 Å². The number of anilines is 2. The number of aromatic nitrogens is 1. The number of thiazole rings is 1. The predicted octanol–water partition coefficient (Wildman–Crippen LogP) is 7.09. The smallest absolute Gasteiger partial charge is 0.272 e. The maximum absolute atomic E-state index is 13.3. The van der Waals surface area contributed by atoms with E-state index in [1.807, 2.05) is 36.4 Å². The molecule has 0 aliphatic rings. The number of thioether (sulfide) groups is 1. The lowest BCUT2D eigenvalue weighted by atomic mass is 10.1. The number of halogens is 1. The van der Waals surface area contributed by atoms with Crippen LogP contribution < -0.4 is 16.0 Å². The molecule has 7 nitrogen and oxygen atoms in total. The predicted molar refractivity (Wildman–Crippen MR) is 167 cm³/mol. The SMILES string of the molecule is O=C(CSc1cccc(NC(=O)/C(=C/c2cccc(Cl)c2)NC(=O)c2ccccc2)c1)Nc1nc2ccccc2s1. The third kappa shape index (κ3) is 7.82. The number of nitrogens with one attached hydrogen (secondary N) is 3. The number of amides is 3. The van der Waals surface area contributed by atoms with E-state index in [1.165, 1.54) is 23.1 Å². The lowest BCUT2D eigenvalue weighted by Gasteiger charge is -2.12. The number of hydrogen-bond acceptors (Lipinski definition) is 6. The third-order valence-corrected chi connectivity index (χ3v) is 7.87. The van der Waals surface area contributed by atoms with Gasteiger partial charge in [-0.1, -0.05) is 71.5 Å². The molecule has 0 atom stereocenters. The van der Waals surface area contributed by atoms with Crippen molar-refractivity contribution in [3.05, 3.63) is 125 Å². The zero-order valence-corrected chi connectivity index (χ0v) is 23.9. The first kappa shape index (κ1) is 28.1. The van der Waals surface area contributed by atoms with Gasteiger partial charge in [-0.2, -0.15) is 0 Å². The van der Waals surface area contributed by atoms with E-state index in [4.69, 9.17) is 11.6 Å². The summed E-state index contributed by atoms with van der Waals surface area (Å²) in [5.41, 5.74) is 2.47. The minimum atomic E-state index is -0.509. The van der Waals surface area contributed by atoms with Crippen molar-refractivity contribution in [3.63, 3.8) is 0 Å². The lowest BCUT2D eigenvalue weighted by Crippen LogP contribution is -2.30. The van der Waals surface area contributed by atoms with Gasteiger partial charge in [0.2, 0.25) is 5.91 Å². The van der Waals surface area contributed by atoms with E-state index in [0.29, 0.717) is 27.0 Å².